The molecule has 7 heteroatoms. The Balaban J connectivity index is 1.52. The van der Waals surface area contributed by atoms with E-state index in [0.29, 0.717) is 25.4 Å². The quantitative estimate of drug-likeness (QED) is 0.791. The van der Waals surface area contributed by atoms with Crippen LogP contribution in [-0.2, 0) is 30.9 Å². The molecule has 0 aliphatic carbocycles. The van der Waals surface area contributed by atoms with Gasteiger partial charge in [-0.1, -0.05) is 48.0 Å². The number of hydrogen-bond donors (Lipinski definition) is 1. The summed E-state index contributed by atoms with van der Waals surface area (Å²) in [7, 11) is -4.32. The van der Waals surface area contributed by atoms with E-state index in [9.17, 15) is 13.0 Å². The summed E-state index contributed by atoms with van der Waals surface area (Å²) in [6.07, 6.45) is -0.763. The minimum absolute atomic E-state index is 0.0837. The van der Waals surface area contributed by atoms with Gasteiger partial charge in [0.05, 0.1) is 30.8 Å². The predicted octanol–water partition coefficient (Wildman–Crippen LogP) is 2.71. The van der Waals surface area contributed by atoms with Crippen molar-refractivity contribution in [3.63, 3.8) is 0 Å². The lowest BCUT2D eigenvalue weighted by Gasteiger charge is -2.19. The molecule has 1 N–H and O–H groups in total. The van der Waals surface area contributed by atoms with Crippen LogP contribution in [0, 0.1) is 6.92 Å². The molecule has 0 aromatic heterocycles. The highest BCUT2D eigenvalue weighted by Gasteiger charge is 2.49. The molecule has 4 unspecified atom stereocenters. The maximum atomic E-state index is 11.8. The van der Waals surface area contributed by atoms with E-state index in [-0.39, 0.29) is 29.1 Å². The average Bonchev–Trinajstić information content (AvgIpc) is 3.22. The van der Waals surface area contributed by atoms with Crippen molar-refractivity contribution < 1.29 is 27.2 Å². The molecule has 2 fully saturated rings. The van der Waals surface area contributed by atoms with Crippen molar-refractivity contribution in [1.29, 1.82) is 0 Å². The Hall–Kier alpha value is -1.77. The standard InChI is InChI=1S/C20H22O6S/c1-13-7-8-18(27(21,22)23)15(9-13)16-11-25-20-17(12-26-19(16)20)24-10-14-5-3-2-4-6-14/h2-9,16-17,19-20H,10-12H2,1H3,(H,21,22,23). The first-order chi connectivity index (χ1) is 12.9. The van der Waals surface area contributed by atoms with Crippen LogP contribution in [-0.4, -0.2) is 44.5 Å². The topological polar surface area (TPSA) is 82.1 Å². The minimum atomic E-state index is -4.32. The lowest BCUT2D eigenvalue weighted by atomic mass is 9.92. The van der Waals surface area contributed by atoms with Gasteiger partial charge in [-0.3, -0.25) is 4.55 Å². The molecule has 2 heterocycles. The molecule has 2 aromatic rings. The predicted molar refractivity (Wildman–Crippen MR) is 98.2 cm³/mol. The van der Waals surface area contributed by atoms with Crippen molar-refractivity contribution in [2.24, 2.45) is 0 Å². The highest BCUT2D eigenvalue weighted by molar-refractivity contribution is 7.85. The fourth-order valence-electron chi connectivity index (χ4n) is 3.84. The van der Waals surface area contributed by atoms with Gasteiger partial charge >= 0.3 is 0 Å². The van der Waals surface area contributed by atoms with E-state index in [0.717, 1.165) is 11.1 Å². The molecule has 2 aliphatic heterocycles. The maximum absolute atomic E-state index is 11.8. The zero-order chi connectivity index (χ0) is 19.0. The number of fused-ring (bicyclic) bond motifs is 1. The van der Waals surface area contributed by atoms with E-state index in [1.807, 2.05) is 37.3 Å². The highest BCUT2D eigenvalue weighted by Crippen LogP contribution is 2.40. The van der Waals surface area contributed by atoms with Crippen LogP contribution in [0.5, 0.6) is 0 Å². The normalized spacial score (nSPS) is 27.6. The third kappa shape index (κ3) is 3.79. The van der Waals surface area contributed by atoms with Gasteiger partial charge in [-0.05, 0) is 24.1 Å². The third-order valence-corrected chi connectivity index (χ3v) is 6.09. The molecule has 4 atom stereocenters. The second kappa shape index (κ2) is 7.33. The average molecular weight is 390 g/mol. The first-order valence-corrected chi connectivity index (χ1v) is 10.3. The lowest BCUT2D eigenvalue weighted by Crippen LogP contribution is -2.31. The second-order valence-electron chi connectivity index (χ2n) is 7.05. The van der Waals surface area contributed by atoms with Gasteiger partial charge in [-0.2, -0.15) is 8.42 Å². The number of rotatable bonds is 5. The van der Waals surface area contributed by atoms with E-state index in [4.69, 9.17) is 14.2 Å². The van der Waals surface area contributed by atoms with Crippen LogP contribution in [0.3, 0.4) is 0 Å². The summed E-state index contributed by atoms with van der Waals surface area (Å²) in [5.74, 6) is -0.267. The molecule has 0 saturated carbocycles. The summed E-state index contributed by atoms with van der Waals surface area (Å²) in [5, 5.41) is 0. The molecule has 4 rings (SSSR count). The Morgan fingerprint density at radius 3 is 2.56 bits per heavy atom. The van der Waals surface area contributed by atoms with E-state index in [1.54, 1.807) is 12.1 Å². The van der Waals surface area contributed by atoms with Crippen molar-refractivity contribution >= 4 is 10.1 Å². The Labute approximate surface area is 158 Å². The van der Waals surface area contributed by atoms with Crippen molar-refractivity contribution in [2.45, 2.75) is 42.7 Å². The Morgan fingerprint density at radius 2 is 1.81 bits per heavy atom. The van der Waals surface area contributed by atoms with E-state index >= 15 is 0 Å². The van der Waals surface area contributed by atoms with E-state index < -0.39 is 10.1 Å². The lowest BCUT2D eigenvalue weighted by molar-refractivity contribution is -0.0390. The minimum Gasteiger partial charge on any atom is -0.372 e. The zero-order valence-electron chi connectivity index (χ0n) is 14.9. The summed E-state index contributed by atoms with van der Waals surface area (Å²) in [4.78, 5) is -0.0837. The molecule has 6 nitrogen and oxygen atoms in total. The van der Waals surface area contributed by atoms with Gasteiger partial charge in [0.15, 0.2) is 0 Å². The number of ether oxygens (including phenoxy) is 3. The summed E-state index contributed by atoms with van der Waals surface area (Å²) >= 11 is 0. The van der Waals surface area contributed by atoms with Gasteiger partial charge in [-0.15, -0.1) is 0 Å². The van der Waals surface area contributed by atoms with Crippen LogP contribution >= 0.6 is 0 Å². The summed E-state index contributed by atoms with van der Waals surface area (Å²) in [5.41, 5.74) is 2.52. The van der Waals surface area contributed by atoms with Crippen LogP contribution in [0.15, 0.2) is 53.4 Å². The van der Waals surface area contributed by atoms with E-state index in [1.165, 1.54) is 6.07 Å². The molecule has 0 spiro atoms. The SMILES string of the molecule is Cc1ccc(S(=O)(=O)O)c(C2COC3C(OCc4ccccc4)COC23)c1. The molecule has 0 amide bonds. The molecule has 2 saturated heterocycles. The molecular weight excluding hydrogens is 368 g/mol. The van der Waals surface area contributed by atoms with Gasteiger partial charge in [0, 0.05) is 5.92 Å². The van der Waals surface area contributed by atoms with Gasteiger partial charge in [0.25, 0.3) is 10.1 Å². The van der Waals surface area contributed by atoms with Crippen molar-refractivity contribution in [2.75, 3.05) is 13.2 Å². The van der Waals surface area contributed by atoms with Crippen LogP contribution in [0.4, 0.5) is 0 Å². The largest absolute Gasteiger partial charge is 0.372 e. The van der Waals surface area contributed by atoms with Gasteiger partial charge < -0.3 is 14.2 Å². The third-order valence-electron chi connectivity index (χ3n) is 5.16. The number of benzene rings is 2. The Kier molecular flexibility index (Phi) is 5.05. The Morgan fingerprint density at radius 1 is 1.07 bits per heavy atom. The molecule has 144 valence electrons. The fraction of sp³-hybridized carbons (Fsp3) is 0.400. The van der Waals surface area contributed by atoms with Gasteiger partial charge in [-0.25, -0.2) is 0 Å². The first kappa shape index (κ1) is 18.6. The highest BCUT2D eigenvalue weighted by atomic mass is 32.2. The summed E-state index contributed by atoms with van der Waals surface area (Å²) in [6.45, 7) is 3.07. The Bertz CT molecular complexity index is 911. The molecule has 27 heavy (non-hydrogen) atoms. The van der Waals surface area contributed by atoms with Crippen LogP contribution in [0.2, 0.25) is 0 Å². The van der Waals surface area contributed by atoms with Crippen LogP contribution in [0.25, 0.3) is 0 Å². The van der Waals surface area contributed by atoms with Crippen LogP contribution in [0.1, 0.15) is 22.6 Å². The number of hydrogen-bond acceptors (Lipinski definition) is 5. The molecular formula is C20H22O6S. The second-order valence-corrected chi connectivity index (χ2v) is 8.44. The van der Waals surface area contributed by atoms with E-state index in [2.05, 4.69) is 0 Å². The summed E-state index contributed by atoms with van der Waals surface area (Å²) in [6, 6.07) is 14.8. The fourth-order valence-corrected chi connectivity index (χ4v) is 4.59. The number of aryl methyl sites for hydroxylation is 1. The zero-order valence-corrected chi connectivity index (χ0v) is 15.8. The van der Waals surface area contributed by atoms with Gasteiger partial charge in [0.1, 0.15) is 12.2 Å². The first-order valence-electron chi connectivity index (χ1n) is 8.90. The van der Waals surface area contributed by atoms with Crippen LogP contribution < -0.4 is 0 Å². The van der Waals surface area contributed by atoms with Crippen molar-refractivity contribution in [3.8, 4) is 0 Å². The monoisotopic (exact) mass is 390 g/mol. The molecule has 0 radical (unpaired) electrons. The van der Waals surface area contributed by atoms with Crippen molar-refractivity contribution in [1.82, 2.24) is 0 Å². The van der Waals surface area contributed by atoms with Crippen molar-refractivity contribution in [3.05, 3.63) is 65.2 Å². The van der Waals surface area contributed by atoms with Gasteiger partial charge in [0.2, 0.25) is 0 Å². The summed E-state index contributed by atoms with van der Waals surface area (Å²) < 4.78 is 51.0. The molecule has 2 aromatic carbocycles. The molecule has 0 bridgehead atoms. The molecule has 2 aliphatic rings. The smallest absolute Gasteiger partial charge is 0.294 e. The maximum Gasteiger partial charge on any atom is 0.294 e.